The van der Waals surface area contributed by atoms with E-state index < -0.39 is 10.0 Å². The summed E-state index contributed by atoms with van der Waals surface area (Å²) in [7, 11) is -3.43. The standard InChI is InChI=1S/C18H19N3O3S2/c1-13-4-6-15(7-5-13)26(22,23)21-10-8-14(9-11-21)17-19-20-18(25-17)16-3-2-12-24-16/h2-7,12,14H,8-11H2,1H3. The van der Waals surface area contributed by atoms with E-state index >= 15 is 0 Å². The molecule has 0 saturated carbocycles. The van der Waals surface area contributed by atoms with Crippen molar-refractivity contribution in [3.05, 3.63) is 53.2 Å². The first-order valence-electron chi connectivity index (χ1n) is 8.48. The van der Waals surface area contributed by atoms with Crippen LogP contribution in [0.4, 0.5) is 0 Å². The van der Waals surface area contributed by atoms with Gasteiger partial charge in [-0.15, -0.1) is 10.2 Å². The first kappa shape index (κ1) is 17.4. The molecular formula is C18H19N3O3S2. The number of hydrogen-bond donors (Lipinski definition) is 0. The molecular weight excluding hydrogens is 370 g/mol. The van der Waals surface area contributed by atoms with E-state index in [1.165, 1.54) is 11.3 Å². The summed E-state index contributed by atoms with van der Waals surface area (Å²) >= 11 is 1.52. The normalized spacial score (nSPS) is 16.8. The average molecular weight is 390 g/mol. The first-order valence-corrected chi connectivity index (χ1v) is 10.7. The maximum Gasteiger partial charge on any atom is 0.243 e. The van der Waals surface area contributed by atoms with Crippen molar-refractivity contribution in [3.63, 3.8) is 0 Å². The number of nitrogens with zero attached hydrogens (tertiary/aromatic N) is 3. The number of sulfonamides is 1. The zero-order chi connectivity index (χ0) is 18.1. The molecule has 3 aromatic rings. The van der Waals surface area contributed by atoms with Gasteiger partial charge < -0.3 is 4.42 Å². The molecule has 1 aliphatic heterocycles. The fourth-order valence-corrected chi connectivity index (χ4v) is 5.55. The van der Waals surface area contributed by atoms with Crippen LogP contribution in [0.15, 0.2) is 52.0 Å². The quantitative estimate of drug-likeness (QED) is 0.680. The zero-order valence-corrected chi connectivity index (χ0v) is 16.0. The Kier molecular flexibility index (Phi) is 4.64. The van der Waals surface area contributed by atoms with E-state index in [1.807, 2.05) is 31.2 Å². The van der Waals surface area contributed by atoms with Crippen LogP contribution in [0.25, 0.3) is 10.8 Å². The molecule has 4 rings (SSSR count). The Balaban J connectivity index is 1.45. The molecule has 26 heavy (non-hydrogen) atoms. The number of aromatic nitrogens is 2. The second kappa shape index (κ2) is 6.94. The van der Waals surface area contributed by atoms with Gasteiger partial charge in [0.1, 0.15) is 5.01 Å². The van der Waals surface area contributed by atoms with Crippen LogP contribution in [0.1, 0.15) is 29.3 Å². The van der Waals surface area contributed by atoms with Crippen molar-refractivity contribution in [1.29, 1.82) is 0 Å². The third-order valence-electron chi connectivity index (χ3n) is 4.63. The van der Waals surface area contributed by atoms with E-state index in [0.717, 1.165) is 28.4 Å². The highest BCUT2D eigenvalue weighted by molar-refractivity contribution is 7.89. The van der Waals surface area contributed by atoms with Crippen molar-refractivity contribution in [1.82, 2.24) is 14.5 Å². The maximum atomic E-state index is 12.8. The van der Waals surface area contributed by atoms with Crippen LogP contribution < -0.4 is 0 Å². The van der Waals surface area contributed by atoms with Gasteiger partial charge in [0.2, 0.25) is 10.0 Å². The highest BCUT2D eigenvalue weighted by atomic mass is 32.2. The monoisotopic (exact) mass is 389 g/mol. The molecule has 0 N–H and O–H groups in total. The number of furan rings is 1. The number of rotatable bonds is 4. The lowest BCUT2D eigenvalue weighted by Crippen LogP contribution is -2.37. The highest BCUT2D eigenvalue weighted by Crippen LogP contribution is 2.34. The van der Waals surface area contributed by atoms with E-state index in [4.69, 9.17) is 4.42 Å². The predicted molar refractivity (Wildman–Crippen MR) is 99.5 cm³/mol. The summed E-state index contributed by atoms with van der Waals surface area (Å²) in [6.07, 6.45) is 3.11. The van der Waals surface area contributed by atoms with Crippen LogP contribution in [0.2, 0.25) is 0 Å². The molecule has 0 radical (unpaired) electrons. The SMILES string of the molecule is Cc1ccc(S(=O)(=O)N2CCC(c3nnc(-c4ccco4)s3)CC2)cc1. The molecule has 1 saturated heterocycles. The Morgan fingerprint density at radius 1 is 1.12 bits per heavy atom. The van der Waals surface area contributed by atoms with Crippen molar-refractivity contribution >= 4 is 21.4 Å². The molecule has 1 aliphatic rings. The van der Waals surface area contributed by atoms with Crippen molar-refractivity contribution < 1.29 is 12.8 Å². The van der Waals surface area contributed by atoms with Crippen molar-refractivity contribution in [2.75, 3.05) is 13.1 Å². The van der Waals surface area contributed by atoms with Crippen molar-refractivity contribution in [3.8, 4) is 10.8 Å². The molecule has 0 atom stereocenters. The number of aryl methyl sites for hydroxylation is 1. The van der Waals surface area contributed by atoms with Crippen LogP contribution >= 0.6 is 11.3 Å². The summed E-state index contributed by atoms with van der Waals surface area (Å²) < 4.78 is 32.5. The molecule has 0 unspecified atom stereocenters. The van der Waals surface area contributed by atoms with Crippen LogP contribution in [0, 0.1) is 6.92 Å². The Morgan fingerprint density at radius 3 is 2.50 bits per heavy atom. The van der Waals surface area contributed by atoms with Gasteiger partial charge in [-0.25, -0.2) is 8.42 Å². The molecule has 0 aliphatic carbocycles. The minimum absolute atomic E-state index is 0.237. The fraction of sp³-hybridized carbons (Fsp3) is 0.333. The molecule has 8 heteroatoms. The van der Waals surface area contributed by atoms with Gasteiger partial charge in [0.25, 0.3) is 0 Å². The van der Waals surface area contributed by atoms with E-state index in [1.54, 1.807) is 22.7 Å². The van der Waals surface area contributed by atoms with Crippen molar-refractivity contribution in [2.24, 2.45) is 0 Å². The number of benzene rings is 1. The van der Waals surface area contributed by atoms with E-state index in [2.05, 4.69) is 10.2 Å². The van der Waals surface area contributed by atoms with Gasteiger partial charge in [-0.3, -0.25) is 0 Å². The van der Waals surface area contributed by atoms with Gasteiger partial charge in [0, 0.05) is 19.0 Å². The number of hydrogen-bond acceptors (Lipinski definition) is 6. The molecule has 3 heterocycles. The van der Waals surface area contributed by atoms with Crippen LogP contribution in [0.3, 0.4) is 0 Å². The highest BCUT2D eigenvalue weighted by Gasteiger charge is 2.31. The maximum absolute atomic E-state index is 12.8. The van der Waals surface area contributed by atoms with Gasteiger partial charge in [0.15, 0.2) is 10.8 Å². The predicted octanol–water partition coefficient (Wildman–Crippen LogP) is 3.67. The van der Waals surface area contributed by atoms with Gasteiger partial charge >= 0.3 is 0 Å². The average Bonchev–Trinajstić information content (AvgIpc) is 3.34. The van der Waals surface area contributed by atoms with E-state index in [-0.39, 0.29) is 5.92 Å². The van der Waals surface area contributed by atoms with Gasteiger partial charge in [-0.05, 0) is 44.0 Å². The molecule has 0 spiro atoms. The van der Waals surface area contributed by atoms with Crippen LogP contribution in [-0.2, 0) is 10.0 Å². The summed E-state index contributed by atoms with van der Waals surface area (Å²) in [5.74, 6) is 0.953. The van der Waals surface area contributed by atoms with Crippen molar-refractivity contribution in [2.45, 2.75) is 30.6 Å². The van der Waals surface area contributed by atoms with E-state index in [0.29, 0.717) is 23.7 Å². The molecule has 6 nitrogen and oxygen atoms in total. The second-order valence-electron chi connectivity index (χ2n) is 6.41. The second-order valence-corrected chi connectivity index (χ2v) is 9.36. The van der Waals surface area contributed by atoms with Crippen LogP contribution in [0.5, 0.6) is 0 Å². The van der Waals surface area contributed by atoms with Gasteiger partial charge in [-0.1, -0.05) is 29.0 Å². The lowest BCUT2D eigenvalue weighted by Gasteiger charge is -2.30. The Morgan fingerprint density at radius 2 is 1.85 bits per heavy atom. The third-order valence-corrected chi connectivity index (χ3v) is 7.65. The fourth-order valence-electron chi connectivity index (χ4n) is 3.10. The number of piperidine rings is 1. The minimum atomic E-state index is -3.43. The largest absolute Gasteiger partial charge is 0.462 e. The minimum Gasteiger partial charge on any atom is -0.462 e. The Labute approximate surface area is 156 Å². The molecule has 2 aromatic heterocycles. The summed E-state index contributed by atoms with van der Waals surface area (Å²) in [5.41, 5.74) is 1.05. The lowest BCUT2D eigenvalue weighted by molar-refractivity contribution is 0.318. The Bertz CT molecular complexity index is 971. The molecule has 136 valence electrons. The first-order chi connectivity index (χ1) is 12.5. The van der Waals surface area contributed by atoms with E-state index in [9.17, 15) is 8.42 Å². The lowest BCUT2D eigenvalue weighted by atomic mass is 9.99. The Hall–Kier alpha value is -2.03. The molecule has 0 amide bonds. The molecule has 0 bridgehead atoms. The summed E-state index contributed by atoms with van der Waals surface area (Å²) in [6.45, 7) is 2.94. The van der Waals surface area contributed by atoms with Gasteiger partial charge in [0.05, 0.1) is 11.2 Å². The summed E-state index contributed by atoms with van der Waals surface area (Å²) in [5, 5.41) is 10.2. The van der Waals surface area contributed by atoms with Crippen LogP contribution in [-0.4, -0.2) is 36.0 Å². The topological polar surface area (TPSA) is 76.3 Å². The smallest absolute Gasteiger partial charge is 0.243 e. The zero-order valence-electron chi connectivity index (χ0n) is 14.3. The van der Waals surface area contributed by atoms with Gasteiger partial charge in [-0.2, -0.15) is 4.31 Å². The summed E-state index contributed by atoms with van der Waals surface area (Å²) in [4.78, 5) is 0.359. The summed E-state index contributed by atoms with van der Waals surface area (Å²) in [6, 6.07) is 10.7. The molecule has 1 fully saturated rings. The molecule has 1 aromatic carbocycles. The third kappa shape index (κ3) is 3.32.